The van der Waals surface area contributed by atoms with E-state index < -0.39 is 10.0 Å². The number of hydrogen-bond acceptors (Lipinski definition) is 6. The van der Waals surface area contributed by atoms with E-state index in [-0.39, 0.29) is 5.75 Å². The minimum absolute atomic E-state index is 0.128. The van der Waals surface area contributed by atoms with Crippen LogP contribution in [0.15, 0.2) is 66.9 Å². The Kier molecular flexibility index (Phi) is 5.01. The third-order valence-electron chi connectivity index (χ3n) is 4.51. The van der Waals surface area contributed by atoms with Crippen molar-refractivity contribution in [2.24, 2.45) is 0 Å². The van der Waals surface area contributed by atoms with Crippen molar-refractivity contribution >= 4 is 26.6 Å². The summed E-state index contributed by atoms with van der Waals surface area (Å²) in [6, 6.07) is 17.7. The monoisotopic (exact) mass is 421 g/mol. The maximum atomic E-state index is 11.8. The SMILES string of the molecule is COc1cc2c(-c3ccccn3)cc(-c3cccc(O)c3)nc2cc1NS(C)(=O)=O. The van der Waals surface area contributed by atoms with Gasteiger partial charge in [0.05, 0.1) is 36.0 Å². The van der Waals surface area contributed by atoms with Crippen molar-refractivity contribution in [3.8, 4) is 34.0 Å². The number of anilines is 1. The molecule has 0 atom stereocenters. The van der Waals surface area contributed by atoms with Gasteiger partial charge in [-0.1, -0.05) is 18.2 Å². The number of fused-ring (bicyclic) bond motifs is 1. The van der Waals surface area contributed by atoms with E-state index >= 15 is 0 Å². The Morgan fingerprint density at radius 2 is 1.83 bits per heavy atom. The lowest BCUT2D eigenvalue weighted by molar-refractivity contribution is 0.417. The highest BCUT2D eigenvalue weighted by atomic mass is 32.2. The Hall–Kier alpha value is -3.65. The van der Waals surface area contributed by atoms with Crippen LogP contribution in [-0.4, -0.2) is 36.9 Å². The van der Waals surface area contributed by atoms with E-state index in [1.54, 1.807) is 36.5 Å². The van der Waals surface area contributed by atoms with Gasteiger partial charge in [-0.15, -0.1) is 0 Å². The Morgan fingerprint density at radius 3 is 2.50 bits per heavy atom. The molecule has 4 rings (SSSR count). The average molecular weight is 421 g/mol. The fourth-order valence-electron chi connectivity index (χ4n) is 3.25. The molecular formula is C22H19N3O4S. The molecule has 0 aliphatic rings. The van der Waals surface area contributed by atoms with Crippen LogP contribution in [0.2, 0.25) is 0 Å². The number of pyridine rings is 2. The lowest BCUT2D eigenvalue weighted by atomic mass is 10.0. The number of benzene rings is 2. The third-order valence-corrected chi connectivity index (χ3v) is 5.10. The Balaban J connectivity index is 2.03. The molecule has 2 aromatic carbocycles. The van der Waals surface area contributed by atoms with E-state index in [0.717, 1.165) is 28.5 Å². The van der Waals surface area contributed by atoms with Crippen LogP contribution in [0.4, 0.5) is 5.69 Å². The van der Waals surface area contributed by atoms with E-state index in [9.17, 15) is 13.5 Å². The molecule has 0 fully saturated rings. The highest BCUT2D eigenvalue weighted by Crippen LogP contribution is 2.37. The average Bonchev–Trinajstić information content (AvgIpc) is 2.72. The molecule has 2 N–H and O–H groups in total. The molecular weight excluding hydrogens is 402 g/mol. The fourth-order valence-corrected chi connectivity index (χ4v) is 3.81. The van der Waals surface area contributed by atoms with Gasteiger partial charge in [-0.25, -0.2) is 13.4 Å². The van der Waals surface area contributed by atoms with Gasteiger partial charge in [0.1, 0.15) is 11.5 Å². The highest BCUT2D eigenvalue weighted by molar-refractivity contribution is 7.92. The van der Waals surface area contributed by atoms with Crippen molar-refractivity contribution in [3.05, 3.63) is 66.9 Å². The second kappa shape index (κ2) is 7.64. The molecule has 0 saturated carbocycles. The van der Waals surface area contributed by atoms with E-state index in [1.165, 1.54) is 7.11 Å². The standard InChI is InChI=1S/C22H19N3O4S/c1-29-22-12-17-16(18-8-3-4-9-23-18)11-19(14-6-5-7-15(26)10-14)24-20(17)13-21(22)25-30(2,27)28/h3-13,25-26H,1-2H3. The predicted molar refractivity (Wildman–Crippen MR) is 117 cm³/mol. The molecule has 0 aliphatic carbocycles. The van der Waals surface area contributed by atoms with Crippen LogP contribution < -0.4 is 9.46 Å². The molecule has 0 radical (unpaired) electrons. The molecule has 0 bridgehead atoms. The van der Waals surface area contributed by atoms with Gasteiger partial charge in [0.25, 0.3) is 0 Å². The Morgan fingerprint density at radius 1 is 1.00 bits per heavy atom. The lowest BCUT2D eigenvalue weighted by Crippen LogP contribution is -2.10. The number of rotatable bonds is 5. The van der Waals surface area contributed by atoms with E-state index in [2.05, 4.69) is 9.71 Å². The maximum Gasteiger partial charge on any atom is 0.229 e. The molecule has 8 heteroatoms. The summed E-state index contributed by atoms with van der Waals surface area (Å²) in [6.45, 7) is 0. The van der Waals surface area contributed by atoms with E-state index in [0.29, 0.717) is 22.6 Å². The largest absolute Gasteiger partial charge is 0.508 e. The van der Waals surface area contributed by atoms with Gasteiger partial charge in [0.15, 0.2) is 0 Å². The van der Waals surface area contributed by atoms with Crippen LogP contribution in [0.25, 0.3) is 33.4 Å². The number of hydrogen-bond donors (Lipinski definition) is 2. The lowest BCUT2D eigenvalue weighted by Gasteiger charge is -2.15. The van der Waals surface area contributed by atoms with Crippen LogP contribution in [0.1, 0.15) is 0 Å². The van der Waals surface area contributed by atoms with Crippen molar-refractivity contribution in [3.63, 3.8) is 0 Å². The number of phenolic OH excluding ortho intramolecular Hbond substituents is 1. The summed E-state index contributed by atoms with van der Waals surface area (Å²) < 4.78 is 31.5. The zero-order valence-electron chi connectivity index (χ0n) is 16.3. The van der Waals surface area contributed by atoms with Crippen LogP contribution in [0, 0.1) is 0 Å². The smallest absolute Gasteiger partial charge is 0.229 e. The zero-order valence-corrected chi connectivity index (χ0v) is 17.1. The second-order valence-corrected chi connectivity index (χ2v) is 8.51. The highest BCUT2D eigenvalue weighted by Gasteiger charge is 2.16. The van der Waals surface area contributed by atoms with Gasteiger partial charge >= 0.3 is 0 Å². The topological polar surface area (TPSA) is 101 Å². The van der Waals surface area contributed by atoms with Crippen molar-refractivity contribution in [1.82, 2.24) is 9.97 Å². The minimum atomic E-state index is -3.51. The first kappa shape index (κ1) is 19.7. The number of aromatic nitrogens is 2. The molecule has 30 heavy (non-hydrogen) atoms. The fraction of sp³-hybridized carbons (Fsp3) is 0.0909. The van der Waals surface area contributed by atoms with Gasteiger partial charge in [0.2, 0.25) is 10.0 Å². The van der Waals surface area contributed by atoms with Crippen molar-refractivity contribution in [2.45, 2.75) is 0 Å². The summed E-state index contributed by atoms with van der Waals surface area (Å²) in [5.41, 5.74) is 3.74. The third kappa shape index (κ3) is 4.04. The molecule has 2 aromatic heterocycles. The molecule has 0 unspecified atom stereocenters. The van der Waals surface area contributed by atoms with Crippen LogP contribution in [0.3, 0.4) is 0 Å². The van der Waals surface area contributed by atoms with Gasteiger partial charge < -0.3 is 9.84 Å². The first-order valence-corrected chi connectivity index (χ1v) is 10.9. The van der Waals surface area contributed by atoms with Crippen LogP contribution in [0.5, 0.6) is 11.5 Å². The second-order valence-electron chi connectivity index (χ2n) is 6.76. The van der Waals surface area contributed by atoms with Gasteiger partial charge in [0, 0.05) is 22.7 Å². The van der Waals surface area contributed by atoms with E-state index in [1.807, 2.05) is 30.3 Å². The summed E-state index contributed by atoms with van der Waals surface area (Å²) in [5.74, 6) is 0.500. The first-order valence-electron chi connectivity index (χ1n) is 9.05. The number of ether oxygens (including phenoxy) is 1. The molecule has 2 heterocycles. The molecule has 0 spiro atoms. The molecule has 0 amide bonds. The molecule has 0 saturated heterocycles. The summed E-state index contributed by atoms with van der Waals surface area (Å²) in [7, 11) is -2.04. The first-order chi connectivity index (χ1) is 14.3. The van der Waals surface area contributed by atoms with Crippen LogP contribution in [-0.2, 0) is 10.0 Å². The number of sulfonamides is 1. The summed E-state index contributed by atoms with van der Waals surface area (Å²) in [5, 5.41) is 10.6. The van der Waals surface area contributed by atoms with E-state index in [4.69, 9.17) is 9.72 Å². The van der Waals surface area contributed by atoms with Crippen molar-refractivity contribution < 1.29 is 18.3 Å². The van der Waals surface area contributed by atoms with Gasteiger partial charge in [-0.05, 0) is 42.5 Å². The summed E-state index contributed by atoms with van der Waals surface area (Å²) in [4.78, 5) is 9.17. The zero-order chi connectivity index (χ0) is 21.3. The van der Waals surface area contributed by atoms with Gasteiger partial charge in [-0.3, -0.25) is 9.71 Å². The molecule has 152 valence electrons. The Bertz CT molecular complexity index is 1340. The number of nitrogens with one attached hydrogen (secondary N) is 1. The molecule has 4 aromatic rings. The summed E-state index contributed by atoms with van der Waals surface area (Å²) >= 11 is 0. The van der Waals surface area contributed by atoms with Crippen molar-refractivity contribution in [1.29, 1.82) is 0 Å². The van der Waals surface area contributed by atoms with Crippen LogP contribution >= 0.6 is 0 Å². The number of methoxy groups -OCH3 is 1. The van der Waals surface area contributed by atoms with Crippen molar-refractivity contribution in [2.75, 3.05) is 18.1 Å². The quantitative estimate of drug-likeness (QED) is 0.504. The normalized spacial score (nSPS) is 11.4. The molecule has 0 aliphatic heterocycles. The number of aromatic hydroxyl groups is 1. The predicted octanol–water partition coefficient (Wildman–Crippen LogP) is 4.05. The van der Waals surface area contributed by atoms with Gasteiger partial charge in [-0.2, -0.15) is 0 Å². The minimum Gasteiger partial charge on any atom is -0.508 e. The molecule has 7 nitrogen and oxygen atoms in total. The number of phenols is 1. The number of nitrogens with zero attached hydrogens (tertiary/aromatic N) is 2. The Labute approximate surface area is 174 Å². The summed E-state index contributed by atoms with van der Waals surface area (Å²) in [6.07, 6.45) is 2.78. The maximum absolute atomic E-state index is 11.8.